The summed E-state index contributed by atoms with van der Waals surface area (Å²) in [6.45, 7) is 1.81. The molecule has 0 saturated heterocycles. The lowest BCUT2D eigenvalue weighted by atomic mass is 10.1. The Morgan fingerprint density at radius 2 is 1.83 bits per heavy atom. The first-order valence-corrected chi connectivity index (χ1v) is 12.9. The number of anilines is 2. The molecule has 1 heterocycles. The average Bonchev–Trinajstić information content (AvgIpc) is 2.82. The van der Waals surface area contributed by atoms with Crippen molar-refractivity contribution in [3.05, 3.63) is 64.4 Å². The highest BCUT2D eigenvalue weighted by atomic mass is 32.2. The Bertz CT molecular complexity index is 1430. The molecular weight excluding hydrogens is 488 g/mol. The number of nitriles is 1. The van der Waals surface area contributed by atoms with Gasteiger partial charge >= 0.3 is 0 Å². The Labute approximate surface area is 207 Å². The molecule has 0 radical (unpaired) electrons. The van der Waals surface area contributed by atoms with Gasteiger partial charge in [-0.25, -0.2) is 18.5 Å². The second-order valence-electron chi connectivity index (χ2n) is 7.72. The van der Waals surface area contributed by atoms with Gasteiger partial charge in [0, 0.05) is 31.0 Å². The SMILES string of the molecule is CC[C@@H](Sc1nc(-c2ccc(N(C)C)cc2)c(C#N)c(=O)[nH]1)C(=O)Nc1ccc(S(N)(=O)=O)cc1. The number of aromatic amines is 1. The van der Waals surface area contributed by atoms with Gasteiger partial charge < -0.3 is 15.2 Å². The number of primary sulfonamides is 1. The molecule has 182 valence electrons. The van der Waals surface area contributed by atoms with Gasteiger partial charge in [-0.05, 0) is 42.8 Å². The minimum atomic E-state index is -3.84. The van der Waals surface area contributed by atoms with Crippen molar-refractivity contribution in [1.29, 1.82) is 5.26 Å². The van der Waals surface area contributed by atoms with E-state index < -0.39 is 20.8 Å². The number of nitrogens with one attached hydrogen (secondary N) is 2. The molecular formula is C23H24N6O4S2. The predicted molar refractivity (Wildman–Crippen MR) is 136 cm³/mol. The fraction of sp³-hybridized carbons (Fsp3) is 0.217. The van der Waals surface area contributed by atoms with Gasteiger partial charge in [0.25, 0.3) is 5.56 Å². The van der Waals surface area contributed by atoms with E-state index in [-0.39, 0.29) is 27.2 Å². The van der Waals surface area contributed by atoms with Crippen LogP contribution in [-0.2, 0) is 14.8 Å². The van der Waals surface area contributed by atoms with Gasteiger partial charge in [0.1, 0.15) is 11.6 Å². The molecule has 0 bridgehead atoms. The summed E-state index contributed by atoms with van der Waals surface area (Å²) in [5.41, 5.74) is 1.48. The fourth-order valence-electron chi connectivity index (χ4n) is 3.15. The number of nitrogens with zero attached hydrogens (tertiary/aromatic N) is 3. The maximum absolute atomic E-state index is 12.8. The van der Waals surface area contributed by atoms with Crippen LogP contribution in [0.15, 0.2) is 63.4 Å². The number of sulfonamides is 1. The van der Waals surface area contributed by atoms with Gasteiger partial charge in [-0.2, -0.15) is 5.26 Å². The number of thioether (sulfide) groups is 1. The molecule has 1 atom stereocenters. The Morgan fingerprint density at radius 3 is 2.34 bits per heavy atom. The molecule has 0 spiro atoms. The molecule has 3 aromatic rings. The molecule has 10 nitrogen and oxygen atoms in total. The van der Waals surface area contributed by atoms with E-state index in [9.17, 15) is 23.3 Å². The molecule has 4 N–H and O–H groups in total. The highest BCUT2D eigenvalue weighted by molar-refractivity contribution is 8.00. The number of rotatable bonds is 8. The fourth-order valence-corrected chi connectivity index (χ4v) is 4.56. The van der Waals surface area contributed by atoms with Crippen molar-refractivity contribution >= 4 is 39.1 Å². The van der Waals surface area contributed by atoms with E-state index in [1.165, 1.54) is 24.3 Å². The summed E-state index contributed by atoms with van der Waals surface area (Å²) in [4.78, 5) is 34.3. The second-order valence-corrected chi connectivity index (χ2v) is 10.5. The molecule has 2 aromatic carbocycles. The zero-order valence-corrected chi connectivity index (χ0v) is 20.9. The summed E-state index contributed by atoms with van der Waals surface area (Å²) >= 11 is 1.06. The van der Waals surface area contributed by atoms with Gasteiger partial charge in [-0.3, -0.25) is 9.59 Å². The first-order chi connectivity index (χ1) is 16.5. The van der Waals surface area contributed by atoms with Crippen LogP contribution in [0.2, 0.25) is 0 Å². The third kappa shape index (κ3) is 6.27. The van der Waals surface area contributed by atoms with Gasteiger partial charge in [0.2, 0.25) is 15.9 Å². The van der Waals surface area contributed by atoms with Crippen molar-refractivity contribution in [2.24, 2.45) is 5.14 Å². The second kappa shape index (κ2) is 10.7. The highest BCUT2D eigenvalue weighted by Crippen LogP contribution is 2.27. The lowest BCUT2D eigenvalue weighted by molar-refractivity contribution is -0.115. The number of aromatic nitrogens is 2. The largest absolute Gasteiger partial charge is 0.378 e. The number of amides is 1. The number of carbonyl (C=O) groups excluding carboxylic acids is 1. The summed E-state index contributed by atoms with van der Waals surface area (Å²) in [5.74, 6) is -0.357. The molecule has 35 heavy (non-hydrogen) atoms. The van der Waals surface area contributed by atoms with E-state index in [2.05, 4.69) is 15.3 Å². The number of nitrogens with two attached hydrogens (primary N) is 1. The molecule has 1 aromatic heterocycles. The smallest absolute Gasteiger partial charge is 0.270 e. The third-order valence-electron chi connectivity index (χ3n) is 5.03. The molecule has 0 unspecified atom stereocenters. The van der Waals surface area contributed by atoms with Crippen LogP contribution in [0.5, 0.6) is 0 Å². The third-order valence-corrected chi connectivity index (χ3v) is 7.21. The van der Waals surface area contributed by atoms with Gasteiger partial charge in [0.15, 0.2) is 5.16 Å². The Hall–Kier alpha value is -3.66. The first kappa shape index (κ1) is 26.0. The van der Waals surface area contributed by atoms with Crippen molar-refractivity contribution < 1.29 is 13.2 Å². The zero-order chi connectivity index (χ0) is 25.8. The van der Waals surface area contributed by atoms with Crippen molar-refractivity contribution in [3.8, 4) is 17.3 Å². The molecule has 12 heteroatoms. The highest BCUT2D eigenvalue weighted by Gasteiger charge is 2.22. The molecule has 0 aliphatic heterocycles. The number of benzene rings is 2. The van der Waals surface area contributed by atoms with Crippen LogP contribution in [0.3, 0.4) is 0 Å². The number of H-pyrrole nitrogens is 1. The Balaban J connectivity index is 1.85. The van der Waals surface area contributed by atoms with Crippen LogP contribution in [0.25, 0.3) is 11.3 Å². The summed E-state index contributed by atoms with van der Waals surface area (Å²) in [6.07, 6.45) is 0.419. The van der Waals surface area contributed by atoms with Crippen LogP contribution in [0, 0.1) is 11.3 Å². The predicted octanol–water partition coefficient (Wildman–Crippen LogP) is 2.53. The number of hydrogen-bond acceptors (Lipinski definition) is 8. The molecule has 3 rings (SSSR count). The summed E-state index contributed by atoms with van der Waals surface area (Å²) in [6, 6.07) is 14.7. The minimum absolute atomic E-state index is 0.0672. The quantitative estimate of drug-likeness (QED) is 0.306. The number of hydrogen-bond donors (Lipinski definition) is 3. The van der Waals surface area contributed by atoms with E-state index in [0.717, 1.165) is 17.4 Å². The molecule has 0 aliphatic rings. The lowest BCUT2D eigenvalue weighted by Crippen LogP contribution is -2.25. The van der Waals surface area contributed by atoms with Crippen molar-refractivity contribution in [2.45, 2.75) is 28.6 Å². The van der Waals surface area contributed by atoms with E-state index in [0.29, 0.717) is 17.7 Å². The molecule has 1 amide bonds. The minimum Gasteiger partial charge on any atom is -0.378 e. The molecule has 0 aliphatic carbocycles. The van der Waals surface area contributed by atoms with Crippen LogP contribution in [-0.4, -0.2) is 43.6 Å². The van der Waals surface area contributed by atoms with Crippen LogP contribution in [0.4, 0.5) is 11.4 Å². The van der Waals surface area contributed by atoms with Gasteiger partial charge in [-0.1, -0.05) is 30.8 Å². The molecule has 0 saturated carbocycles. The normalized spacial score (nSPS) is 12.0. The van der Waals surface area contributed by atoms with E-state index in [4.69, 9.17) is 5.14 Å². The Morgan fingerprint density at radius 1 is 1.20 bits per heavy atom. The zero-order valence-electron chi connectivity index (χ0n) is 19.3. The van der Waals surface area contributed by atoms with Crippen LogP contribution in [0.1, 0.15) is 18.9 Å². The van der Waals surface area contributed by atoms with E-state index in [1.54, 1.807) is 12.1 Å². The topological polar surface area (TPSA) is 162 Å². The molecule has 0 fully saturated rings. The summed E-state index contributed by atoms with van der Waals surface area (Å²) in [5, 5.41) is 16.9. The standard InChI is InChI=1S/C23H24N6O4S2/c1-4-19(22(31)26-15-7-11-17(12-8-15)35(25,32)33)34-23-27-20(18(13-24)21(30)28-23)14-5-9-16(10-6-14)29(2)3/h5-12,19H,4H2,1-3H3,(H,26,31)(H2,25,32,33)(H,27,28,30)/t19-/m1/s1. The Kier molecular flexibility index (Phi) is 7.96. The lowest BCUT2D eigenvalue weighted by Gasteiger charge is -2.15. The first-order valence-electron chi connectivity index (χ1n) is 10.5. The van der Waals surface area contributed by atoms with Crippen molar-refractivity contribution in [3.63, 3.8) is 0 Å². The number of carbonyl (C=O) groups is 1. The van der Waals surface area contributed by atoms with Gasteiger partial charge in [0.05, 0.1) is 15.8 Å². The monoisotopic (exact) mass is 512 g/mol. The summed E-state index contributed by atoms with van der Waals surface area (Å²) < 4.78 is 22.8. The van der Waals surface area contributed by atoms with Crippen LogP contribution >= 0.6 is 11.8 Å². The van der Waals surface area contributed by atoms with Gasteiger partial charge in [-0.15, -0.1) is 0 Å². The van der Waals surface area contributed by atoms with Crippen molar-refractivity contribution in [2.75, 3.05) is 24.3 Å². The van der Waals surface area contributed by atoms with Crippen molar-refractivity contribution in [1.82, 2.24) is 9.97 Å². The van der Waals surface area contributed by atoms with E-state index in [1.807, 2.05) is 44.1 Å². The van der Waals surface area contributed by atoms with E-state index >= 15 is 0 Å². The maximum atomic E-state index is 12.8. The average molecular weight is 513 g/mol. The van der Waals surface area contributed by atoms with Crippen LogP contribution < -0.4 is 20.9 Å². The summed E-state index contributed by atoms with van der Waals surface area (Å²) in [7, 11) is -0.0313. The maximum Gasteiger partial charge on any atom is 0.270 e.